The number of hydrogen-bond acceptors (Lipinski definition) is 7. The van der Waals surface area contributed by atoms with Gasteiger partial charge in [-0.25, -0.2) is 14.4 Å². The SMILES string of the molecule is CCCNC(=O)C(Cc1c[nH]c2c(-c3cc(CC(NC(=O)OCc4ccccc4)C(=O)O)ccc3OC)cccc12)NC(=O)OC(C)(C)C. The molecule has 2 unspecified atom stereocenters. The Morgan fingerprint density at radius 3 is 2.27 bits per heavy atom. The van der Waals surface area contributed by atoms with Crippen molar-refractivity contribution in [1.82, 2.24) is 20.9 Å². The third kappa shape index (κ3) is 10.2. The summed E-state index contributed by atoms with van der Waals surface area (Å²) >= 11 is 0. The van der Waals surface area contributed by atoms with Crippen LogP contribution in [-0.2, 0) is 38.5 Å². The molecule has 0 aliphatic carbocycles. The molecule has 2 atom stereocenters. The van der Waals surface area contributed by atoms with Gasteiger partial charge in [-0.05, 0) is 56.0 Å². The van der Waals surface area contributed by atoms with Crippen LogP contribution < -0.4 is 20.7 Å². The fraction of sp³-hybridized carbons (Fsp3) is 0.351. The van der Waals surface area contributed by atoms with Gasteiger partial charge >= 0.3 is 18.2 Å². The number of alkyl carbamates (subject to hydrolysis) is 2. The number of carbonyl (C=O) groups excluding carboxylic acids is 3. The fourth-order valence-electron chi connectivity index (χ4n) is 5.29. The van der Waals surface area contributed by atoms with Gasteiger partial charge in [-0.2, -0.15) is 0 Å². The van der Waals surface area contributed by atoms with E-state index in [4.69, 9.17) is 14.2 Å². The van der Waals surface area contributed by atoms with Crippen molar-refractivity contribution < 1.29 is 38.5 Å². The summed E-state index contributed by atoms with van der Waals surface area (Å²) in [6.45, 7) is 7.68. The molecule has 0 saturated carbocycles. The molecule has 0 fully saturated rings. The summed E-state index contributed by atoms with van der Waals surface area (Å²) in [7, 11) is 1.55. The van der Waals surface area contributed by atoms with E-state index in [1.807, 2.05) is 49.4 Å². The summed E-state index contributed by atoms with van der Waals surface area (Å²) in [6.07, 6.45) is 1.20. The van der Waals surface area contributed by atoms with Crippen LogP contribution in [-0.4, -0.2) is 65.5 Å². The highest BCUT2D eigenvalue weighted by Crippen LogP contribution is 2.36. The molecule has 1 heterocycles. The van der Waals surface area contributed by atoms with E-state index in [-0.39, 0.29) is 25.4 Å². The van der Waals surface area contributed by atoms with Crippen molar-refractivity contribution in [2.24, 2.45) is 0 Å². The fourth-order valence-corrected chi connectivity index (χ4v) is 5.29. The van der Waals surface area contributed by atoms with Gasteiger partial charge in [-0.15, -0.1) is 0 Å². The number of aliphatic carboxylic acids is 1. The van der Waals surface area contributed by atoms with E-state index >= 15 is 0 Å². The molecule has 0 aliphatic rings. The van der Waals surface area contributed by atoms with Crippen LogP contribution in [0, 0.1) is 0 Å². The van der Waals surface area contributed by atoms with Gasteiger partial charge in [0.25, 0.3) is 0 Å². The van der Waals surface area contributed by atoms with Gasteiger partial charge in [-0.1, -0.05) is 61.5 Å². The minimum absolute atomic E-state index is 0.00899. The Morgan fingerprint density at radius 1 is 0.857 bits per heavy atom. The molecule has 0 spiro atoms. The minimum Gasteiger partial charge on any atom is -0.496 e. The van der Waals surface area contributed by atoms with Crippen molar-refractivity contribution in [3.63, 3.8) is 0 Å². The van der Waals surface area contributed by atoms with Crippen molar-refractivity contribution in [2.75, 3.05) is 13.7 Å². The molecule has 4 rings (SSSR count). The van der Waals surface area contributed by atoms with Crippen LogP contribution in [0.4, 0.5) is 9.59 Å². The first-order valence-electron chi connectivity index (χ1n) is 16.1. The molecular formula is C37H44N4O8. The van der Waals surface area contributed by atoms with E-state index in [2.05, 4.69) is 20.9 Å². The number of carbonyl (C=O) groups is 4. The summed E-state index contributed by atoms with van der Waals surface area (Å²) < 4.78 is 16.3. The average molecular weight is 673 g/mol. The molecule has 0 saturated heterocycles. The lowest BCUT2D eigenvalue weighted by atomic mass is 9.96. The standard InChI is InChI=1S/C37H44N4O8/c1-6-17-38-33(42)29(40-36(46)49-37(2,3)4)20-25-21-39-32-26(25)13-10-14-27(32)28-18-24(15-16-31(28)47-5)19-30(34(43)44)41-35(45)48-22-23-11-8-7-9-12-23/h7-16,18,21,29-30,39H,6,17,19-20,22H2,1-5H3,(H,38,42)(H,40,46)(H,41,45)(H,43,44). The predicted molar refractivity (Wildman–Crippen MR) is 185 cm³/mol. The number of ether oxygens (including phenoxy) is 3. The highest BCUT2D eigenvalue weighted by Gasteiger charge is 2.26. The normalized spacial score (nSPS) is 12.4. The topological polar surface area (TPSA) is 168 Å². The number of rotatable bonds is 14. The molecule has 3 aromatic carbocycles. The van der Waals surface area contributed by atoms with E-state index in [9.17, 15) is 24.3 Å². The molecule has 0 bridgehead atoms. The van der Waals surface area contributed by atoms with Gasteiger partial charge in [0.15, 0.2) is 0 Å². The minimum atomic E-state index is -1.24. The highest BCUT2D eigenvalue weighted by atomic mass is 16.6. The number of aromatic amines is 1. The monoisotopic (exact) mass is 672 g/mol. The summed E-state index contributed by atoms with van der Waals surface area (Å²) in [6, 6.07) is 18.0. The second-order valence-corrected chi connectivity index (χ2v) is 12.6. The lowest BCUT2D eigenvalue weighted by molar-refractivity contribution is -0.139. The number of carboxylic acid groups (broad SMARTS) is 1. The highest BCUT2D eigenvalue weighted by molar-refractivity contribution is 5.98. The lowest BCUT2D eigenvalue weighted by Gasteiger charge is -2.23. The van der Waals surface area contributed by atoms with Crippen molar-refractivity contribution in [2.45, 2.75) is 71.2 Å². The maximum Gasteiger partial charge on any atom is 0.408 e. The molecule has 0 radical (unpaired) electrons. The second-order valence-electron chi connectivity index (χ2n) is 12.6. The Hall–Kier alpha value is -5.52. The Kier molecular flexibility index (Phi) is 12.3. The lowest BCUT2D eigenvalue weighted by Crippen LogP contribution is -2.49. The molecule has 0 aliphatic heterocycles. The molecule has 12 heteroatoms. The van der Waals surface area contributed by atoms with Crippen molar-refractivity contribution in [1.29, 1.82) is 0 Å². The number of carboxylic acids is 1. The van der Waals surface area contributed by atoms with Gasteiger partial charge in [0.2, 0.25) is 5.91 Å². The predicted octanol–water partition coefficient (Wildman–Crippen LogP) is 5.73. The van der Waals surface area contributed by atoms with Crippen LogP contribution in [0.2, 0.25) is 0 Å². The van der Waals surface area contributed by atoms with Crippen LogP contribution in [0.1, 0.15) is 50.8 Å². The van der Waals surface area contributed by atoms with Gasteiger partial charge in [0.05, 0.1) is 12.6 Å². The number of fused-ring (bicyclic) bond motifs is 1. The number of nitrogens with one attached hydrogen (secondary N) is 4. The van der Waals surface area contributed by atoms with Crippen molar-refractivity contribution >= 4 is 35.0 Å². The van der Waals surface area contributed by atoms with Crippen LogP contribution in [0.15, 0.2) is 72.9 Å². The van der Waals surface area contributed by atoms with E-state index in [1.54, 1.807) is 58.3 Å². The third-order valence-electron chi connectivity index (χ3n) is 7.58. The molecule has 49 heavy (non-hydrogen) atoms. The van der Waals surface area contributed by atoms with Crippen molar-refractivity contribution in [3.05, 3.63) is 89.6 Å². The van der Waals surface area contributed by atoms with Crippen LogP contribution in [0.5, 0.6) is 5.75 Å². The van der Waals surface area contributed by atoms with E-state index in [0.717, 1.165) is 34.0 Å². The number of hydrogen-bond donors (Lipinski definition) is 5. The number of amides is 3. The van der Waals surface area contributed by atoms with E-state index in [1.165, 1.54) is 0 Å². The molecule has 12 nitrogen and oxygen atoms in total. The number of methoxy groups -OCH3 is 1. The van der Waals surface area contributed by atoms with Crippen LogP contribution in [0.3, 0.4) is 0 Å². The average Bonchev–Trinajstić information content (AvgIpc) is 3.48. The third-order valence-corrected chi connectivity index (χ3v) is 7.58. The molecule has 3 amide bonds. The Morgan fingerprint density at radius 2 is 1.59 bits per heavy atom. The van der Waals surface area contributed by atoms with Gasteiger partial charge in [-0.3, -0.25) is 4.79 Å². The number of para-hydroxylation sites is 1. The molecule has 260 valence electrons. The second kappa shape index (κ2) is 16.5. The first-order valence-corrected chi connectivity index (χ1v) is 16.1. The van der Waals surface area contributed by atoms with Gasteiger partial charge in [0.1, 0.15) is 30.0 Å². The first kappa shape index (κ1) is 36.3. The van der Waals surface area contributed by atoms with E-state index in [0.29, 0.717) is 23.4 Å². The van der Waals surface area contributed by atoms with Gasteiger partial charge < -0.3 is 40.3 Å². The summed E-state index contributed by atoms with van der Waals surface area (Å²) in [5, 5.41) is 18.8. The zero-order valence-corrected chi connectivity index (χ0v) is 28.4. The smallest absolute Gasteiger partial charge is 0.408 e. The largest absolute Gasteiger partial charge is 0.496 e. The Labute approximate surface area is 285 Å². The van der Waals surface area contributed by atoms with Gasteiger partial charge in [0, 0.05) is 42.1 Å². The van der Waals surface area contributed by atoms with Crippen molar-refractivity contribution in [3.8, 4) is 16.9 Å². The zero-order valence-electron chi connectivity index (χ0n) is 28.4. The number of aromatic nitrogens is 1. The van der Waals surface area contributed by atoms with Crippen LogP contribution >= 0.6 is 0 Å². The molecular weight excluding hydrogens is 628 g/mol. The molecule has 1 aromatic heterocycles. The molecule has 4 aromatic rings. The molecule has 5 N–H and O–H groups in total. The summed E-state index contributed by atoms with van der Waals surface area (Å²) in [5.41, 5.74) is 3.71. The zero-order chi connectivity index (χ0) is 35.6. The number of benzene rings is 3. The maximum atomic E-state index is 13.1. The summed E-state index contributed by atoms with van der Waals surface area (Å²) in [5.74, 6) is -0.973. The summed E-state index contributed by atoms with van der Waals surface area (Å²) in [4.78, 5) is 53.7. The Balaban J connectivity index is 1.58. The maximum absolute atomic E-state index is 13.1. The van der Waals surface area contributed by atoms with E-state index < -0.39 is 35.8 Å². The number of H-pyrrole nitrogens is 1. The quantitative estimate of drug-likeness (QED) is 0.113. The van der Waals surface area contributed by atoms with Crippen LogP contribution in [0.25, 0.3) is 22.0 Å². The first-order chi connectivity index (χ1) is 23.4. The Bertz CT molecular complexity index is 1760.